The maximum atomic E-state index is 13.6. The maximum Gasteiger partial charge on any atom is 0.266 e. The first kappa shape index (κ1) is 25.0. The summed E-state index contributed by atoms with van der Waals surface area (Å²) < 4.78 is 0. The van der Waals surface area contributed by atoms with Gasteiger partial charge < -0.3 is 14.7 Å². The van der Waals surface area contributed by atoms with Crippen LogP contribution in [0.4, 0.5) is 5.69 Å². The molecule has 4 rings (SSSR count). The largest absolute Gasteiger partial charge is 0.371 e. The number of aliphatic imine (C=N–C) groups is 1. The molecule has 0 bridgehead atoms. The molecule has 6 nitrogen and oxygen atoms in total. The molecule has 1 aromatic heterocycles. The van der Waals surface area contributed by atoms with Crippen LogP contribution in [0.25, 0.3) is 5.70 Å². The molecule has 2 fully saturated rings. The highest BCUT2D eigenvalue weighted by Crippen LogP contribution is 2.37. The lowest BCUT2D eigenvalue weighted by Crippen LogP contribution is -2.30. The Morgan fingerprint density at radius 3 is 2.66 bits per heavy atom. The van der Waals surface area contributed by atoms with Crippen molar-refractivity contribution in [2.24, 2.45) is 10.9 Å². The van der Waals surface area contributed by atoms with E-state index in [1.54, 1.807) is 18.0 Å². The summed E-state index contributed by atoms with van der Waals surface area (Å²) in [5, 5.41) is 9.44. The van der Waals surface area contributed by atoms with Crippen molar-refractivity contribution >= 4 is 35.0 Å². The predicted octanol–water partition coefficient (Wildman–Crippen LogP) is 5.74. The molecule has 1 amide bonds. The van der Waals surface area contributed by atoms with Crippen molar-refractivity contribution in [1.29, 1.82) is 5.26 Å². The molecule has 0 saturated carbocycles. The minimum Gasteiger partial charge on any atom is -0.371 e. The van der Waals surface area contributed by atoms with Crippen LogP contribution in [-0.4, -0.2) is 60.2 Å². The lowest BCUT2D eigenvalue weighted by Gasteiger charge is -2.33. The van der Waals surface area contributed by atoms with Crippen molar-refractivity contribution in [2.45, 2.75) is 45.6 Å². The van der Waals surface area contributed by atoms with Gasteiger partial charge in [0.1, 0.15) is 4.88 Å². The fourth-order valence-corrected chi connectivity index (χ4v) is 5.75. The monoisotopic (exact) mass is 489 g/mol. The van der Waals surface area contributed by atoms with Crippen LogP contribution >= 0.6 is 11.3 Å². The Kier molecular flexibility index (Phi) is 8.25. The molecule has 2 saturated heterocycles. The van der Waals surface area contributed by atoms with Crippen LogP contribution in [0.3, 0.4) is 0 Å². The van der Waals surface area contributed by atoms with Gasteiger partial charge in [-0.2, -0.15) is 5.26 Å². The SMILES string of the molecule is C=C(c1cc(N=CN2CCCCC2)c(C(=O)N(C)Cc2ccccc2C#N)s1)N1CCC(C)CC1. The van der Waals surface area contributed by atoms with Crippen LogP contribution in [0.15, 0.2) is 41.9 Å². The van der Waals surface area contributed by atoms with Gasteiger partial charge in [-0.05, 0) is 55.7 Å². The Bertz CT molecular complexity index is 1120. The summed E-state index contributed by atoms with van der Waals surface area (Å²) >= 11 is 1.48. The van der Waals surface area contributed by atoms with E-state index in [9.17, 15) is 10.1 Å². The summed E-state index contributed by atoms with van der Waals surface area (Å²) in [4.78, 5) is 26.3. The Hall–Kier alpha value is -3.11. The highest BCUT2D eigenvalue weighted by molar-refractivity contribution is 7.15. The number of hydrogen-bond donors (Lipinski definition) is 0. The van der Waals surface area contributed by atoms with Gasteiger partial charge in [0.25, 0.3) is 5.91 Å². The van der Waals surface area contributed by atoms with Gasteiger partial charge in [-0.1, -0.05) is 31.7 Å². The second kappa shape index (κ2) is 11.5. The minimum atomic E-state index is -0.0835. The second-order valence-electron chi connectivity index (χ2n) is 9.71. The molecule has 0 aliphatic carbocycles. The highest BCUT2D eigenvalue weighted by atomic mass is 32.1. The zero-order chi connectivity index (χ0) is 24.8. The van der Waals surface area contributed by atoms with Crippen molar-refractivity contribution in [1.82, 2.24) is 14.7 Å². The first-order valence-corrected chi connectivity index (χ1v) is 13.4. The van der Waals surface area contributed by atoms with Gasteiger partial charge in [0, 0.05) is 45.5 Å². The van der Waals surface area contributed by atoms with Crippen LogP contribution in [0.1, 0.15) is 64.7 Å². The Labute approximate surface area is 213 Å². The fraction of sp³-hybridized carbons (Fsp3) is 0.464. The number of rotatable bonds is 7. The zero-order valence-electron chi connectivity index (χ0n) is 20.9. The quantitative estimate of drug-likeness (QED) is 0.367. The highest BCUT2D eigenvalue weighted by Gasteiger charge is 2.24. The first-order valence-electron chi connectivity index (χ1n) is 12.6. The van der Waals surface area contributed by atoms with Gasteiger partial charge in [0.05, 0.1) is 28.5 Å². The standard InChI is InChI=1S/C28H35N5OS/c1-21-11-15-33(16-12-21)22(2)26-17-25(30-20-32-13-7-4-8-14-32)27(35-26)28(34)31(3)19-24-10-6-5-9-23(24)18-29/h5-6,9-10,17,20-21H,2,4,7-8,11-16,19H2,1,3H3. The third-order valence-corrected chi connectivity index (χ3v) is 8.16. The van der Waals surface area contributed by atoms with E-state index in [0.29, 0.717) is 22.7 Å². The fourth-order valence-electron chi connectivity index (χ4n) is 4.65. The molecular formula is C28H35N5OS. The van der Waals surface area contributed by atoms with E-state index in [2.05, 4.69) is 29.4 Å². The van der Waals surface area contributed by atoms with Crippen LogP contribution in [0.5, 0.6) is 0 Å². The summed E-state index contributed by atoms with van der Waals surface area (Å²) in [5.41, 5.74) is 3.11. The van der Waals surface area contributed by atoms with E-state index in [1.165, 1.54) is 30.6 Å². The number of carbonyl (C=O) groups excluding carboxylic acids is 1. The summed E-state index contributed by atoms with van der Waals surface area (Å²) in [6.45, 7) is 11.1. The van der Waals surface area contributed by atoms with E-state index >= 15 is 0 Å². The smallest absolute Gasteiger partial charge is 0.266 e. The molecular weight excluding hydrogens is 454 g/mol. The summed E-state index contributed by atoms with van der Waals surface area (Å²) in [7, 11) is 1.79. The third-order valence-electron chi connectivity index (χ3n) is 7.00. The van der Waals surface area contributed by atoms with E-state index in [-0.39, 0.29) is 5.91 Å². The molecule has 0 N–H and O–H groups in total. The number of likely N-dealkylation sites (tertiary alicyclic amines) is 2. The van der Waals surface area contributed by atoms with Crippen LogP contribution in [0, 0.1) is 17.2 Å². The van der Waals surface area contributed by atoms with Crippen molar-refractivity contribution in [3.8, 4) is 6.07 Å². The topological polar surface area (TPSA) is 62.9 Å². The Morgan fingerprint density at radius 1 is 1.23 bits per heavy atom. The molecule has 0 atom stereocenters. The van der Waals surface area contributed by atoms with E-state index in [4.69, 9.17) is 4.99 Å². The summed E-state index contributed by atoms with van der Waals surface area (Å²) in [5.74, 6) is 0.661. The number of amides is 1. The van der Waals surface area contributed by atoms with E-state index in [1.807, 2.05) is 30.6 Å². The molecule has 184 valence electrons. The van der Waals surface area contributed by atoms with Gasteiger partial charge in [0.15, 0.2) is 0 Å². The van der Waals surface area contributed by atoms with Crippen molar-refractivity contribution < 1.29 is 4.79 Å². The average Bonchev–Trinajstić information content (AvgIpc) is 3.32. The van der Waals surface area contributed by atoms with Crippen molar-refractivity contribution in [3.05, 3.63) is 57.8 Å². The van der Waals surface area contributed by atoms with Gasteiger partial charge in [-0.3, -0.25) is 4.79 Å². The third kappa shape index (κ3) is 6.12. The number of carbonyl (C=O) groups is 1. The average molecular weight is 490 g/mol. The number of nitrogens with zero attached hydrogens (tertiary/aromatic N) is 5. The van der Waals surface area contributed by atoms with Crippen molar-refractivity contribution in [2.75, 3.05) is 33.2 Å². The molecule has 3 heterocycles. The summed E-state index contributed by atoms with van der Waals surface area (Å²) in [6, 6.07) is 11.7. The molecule has 7 heteroatoms. The molecule has 2 aromatic rings. The molecule has 0 spiro atoms. The molecule has 1 aromatic carbocycles. The molecule has 2 aliphatic heterocycles. The summed E-state index contributed by atoms with van der Waals surface area (Å²) in [6.07, 6.45) is 7.85. The van der Waals surface area contributed by atoms with Crippen molar-refractivity contribution in [3.63, 3.8) is 0 Å². The van der Waals surface area contributed by atoms with Crippen LogP contribution in [0.2, 0.25) is 0 Å². The van der Waals surface area contributed by atoms with E-state index < -0.39 is 0 Å². The van der Waals surface area contributed by atoms with Gasteiger partial charge in [0.2, 0.25) is 0 Å². The molecule has 2 aliphatic rings. The molecule has 0 radical (unpaired) electrons. The van der Waals surface area contributed by atoms with Crippen LogP contribution in [-0.2, 0) is 6.54 Å². The Balaban J connectivity index is 1.58. The minimum absolute atomic E-state index is 0.0835. The Morgan fingerprint density at radius 2 is 1.94 bits per heavy atom. The molecule has 0 unspecified atom stereocenters. The molecule has 35 heavy (non-hydrogen) atoms. The normalized spacial score (nSPS) is 16.9. The number of hydrogen-bond acceptors (Lipinski definition) is 5. The van der Waals surface area contributed by atoms with E-state index in [0.717, 1.165) is 61.1 Å². The van der Waals surface area contributed by atoms with Gasteiger partial charge in [-0.15, -0.1) is 11.3 Å². The first-order chi connectivity index (χ1) is 17.0. The lowest BCUT2D eigenvalue weighted by atomic mass is 9.99. The lowest BCUT2D eigenvalue weighted by molar-refractivity contribution is 0.0790. The number of benzene rings is 1. The van der Waals surface area contributed by atoms with Gasteiger partial charge in [-0.25, -0.2) is 4.99 Å². The van der Waals surface area contributed by atoms with Gasteiger partial charge >= 0.3 is 0 Å². The second-order valence-corrected chi connectivity index (χ2v) is 10.8. The number of nitriles is 1. The predicted molar refractivity (Wildman–Crippen MR) is 144 cm³/mol. The van der Waals surface area contributed by atoms with Crippen LogP contribution < -0.4 is 0 Å². The number of piperidine rings is 2. The zero-order valence-corrected chi connectivity index (χ0v) is 21.7. The maximum absolute atomic E-state index is 13.6. The number of thiophene rings is 1.